The molecule has 108 valence electrons. The second-order valence-corrected chi connectivity index (χ2v) is 6.27. The molecule has 0 amide bonds. The molecule has 0 aliphatic carbocycles. The van der Waals surface area contributed by atoms with Gasteiger partial charge in [0, 0.05) is 17.8 Å². The molecule has 0 aliphatic rings. The van der Waals surface area contributed by atoms with E-state index in [0.29, 0.717) is 12.1 Å². The molecule has 1 aromatic heterocycles. The Balaban J connectivity index is 2.01. The fourth-order valence-electron chi connectivity index (χ4n) is 1.90. The minimum Gasteiger partial charge on any atom is -0.381 e. The van der Waals surface area contributed by atoms with Crippen LogP contribution in [0, 0.1) is 13.8 Å². The van der Waals surface area contributed by atoms with Crippen LogP contribution < -0.4 is 10.5 Å². The Morgan fingerprint density at radius 1 is 1.25 bits per heavy atom. The zero-order valence-electron chi connectivity index (χ0n) is 11.4. The van der Waals surface area contributed by atoms with E-state index < -0.39 is 10.0 Å². The molecule has 0 atom stereocenters. The lowest BCUT2D eigenvalue weighted by Crippen LogP contribution is -2.14. The normalized spacial score (nSPS) is 11.6. The third-order valence-corrected chi connectivity index (χ3v) is 3.71. The highest BCUT2D eigenvalue weighted by atomic mass is 32.2. The average Bonchev–Trinajstić information content (AvgIpc) is 2.67. The highest BCUT2D eigenvalue weighted by molar-refractivity contribution is 7.88. The van der Waals surface area contributed by atoms with Crippen LogP contribution in [-0.4, -0.2) is 13.6 Å². The Morgan fingerprint density at radius 3 is 2.40 bits per heavy atom. The first-order chi connectivity index (χ1) is 9.35. The van der Waals surface area contributed by atoms with E-state index in [1.165, 1.54) is 0 Å². The van der Waals surface area contributed by atoms with Crippen molar-refractivity contribution in [3.63, 3.8) is 0 Å². The summed E-state index contributed by atoms with van der Waals surface area (Å²) < 4.78 is 27.1. The molecule has 1 heterocycles. The maximum absolute atomic E-state index is 11.0. The molecule has 0 saturated carbocycles. The Labute approximate surface area is 118 Å². The molecule has 0 radical (unpaired) electrons. The Hall–Kier alpha value is -1.86. The van der Waals surface area contributed by atoms with Gasteiger partial charge in [0.15, 0.2) is 0 Å². The van der Waals surface area contributed by atoms with Crippen molar-refractivity contribution in [1.82, 2.24) is 5.16 Å². The van der Waals surface area contributed by atoms with Gasteiger partial charge in [-0.05, 0) is 31.5 Å². The van der Waals surface area contributed by atoms with E-state index in [-0.39, 0.29) is 5.75 Å². The number of hydrogen-bond donors (Lipinski definition) is 2. The largest absolute Gasteiger partial charge is 0.381 e. The van der Waals surface area contributed by atoms with Crippen molar-refractivity contribution in [2.24, 2.45) is 5.14 Å². The van der Waals surface area contributed by atoms with Gasteiger partial charge in [-0.3, -0.25) is 0 Å². The van der Waals surface area contributed by atoms with E-state index in [4.69, 9.17) is 9.66 Å². The van der Waals surface area contributed by atoms with Crippen molar-refractivity contribution in [2.75, 3.05) is 5.32 Å². The van der Waals surface area contributed by atoms with E-state index in [1.807, 2.05) is 26.0 Å². The predicted molar refractivity (Wildman–Crippen MR) is 76.6 cm³/mol. The maximum Gasteiger partial charge on any atom is 0.213 e. The number of hydrogen-bond acceptors (Lipinski definition) is 5. The van der Waals surface area contributed by atoms with E-state index in [2.05, 4.69) is 10.5 Å². The minimum absolute atomic E-state index is 0.156. The average molecular weight is 295 g/mol. The van der Waals surface area contributed by atoms with Crippen LogP contribution in [0.5, 0.6) is 0 Å². The molecule has 0 fully saturated rings. The van der Waals surface area contributed by atoms with Crippen LogP contribution >= 0.6 is 0 Å². The molecule has 0 bridgehead atoms. The molecule has 0 spiro atoms. The zero-order chi connectivity index (χ0) is 14.8. The van der Waals surface area contributed by atoms with Gasteiger partial charge in [0.2, 0.25) is 10.0 Å². The van der Waals surface area contributed by atoms with Gasteiger partial charge >= 0.3 is 0 Å². The lowest BCUT2D eigenvalue weighted by molar-refractivity contribution is 0.392. The molecule has 20 heavy (non-hydrogen) atoms. The van der Waals surface area contributed by atoms with Crippen LogP contribution in [0.4, 0.5) is 5.69 Å². The first-order valence-electron chi connectivity index (χ1n) is 6.10. The van der Waals surface area contributed by atoms with Gasteiger partial charge in [0.25, 0.3) is 0 Å². The van der Waals surface area contributed by atoms with Crippen molar-refractivity contribution in [3.8, 4) is 0 Å². The molecule has 1 aromatic carbocycles. The highest BCUT2D eigenvalue weighted by Gasteiger charge is 2.08. The summed E-state index contributed by atoms with van der Waals surface area (Å²) in [5.41, 5.74) is 3.44. The van der Waals surface area contributed by atoms with E-state index in [0.717, 1.165) is 22.7 Å². The summed E-state index contributed by atoms with van der Waals surface area (Å²) in [5.74, 6) is 0.637. The number of primary sulfonamides is 1. The Bertz CT molecular complexity index is 671. The Morgan fingerprint density at radius 2 is 1.90 bits per heavy atom. The summed E-state index contributed by atoms with van der Waals surface area (Å²) in [7, 11) is -3.49. The van der Waals surface area contributed by atoms with Gasteiger partial charge in [0.1, 0.15) is 5.76 Å². The maximum atomic E-state index is 11.0. The van der Waals surface area contributed by atoms with E-state index in [1.54, 1.807) is 12.1 Å². The monoisotopic (exact) mass is 295 g/mol. The van der Waals surface area contributed by atoms with Crippen molar-refractivity contribution in [3.05, 3.63) is 46.8 Å². The van der Waals surface area contributed by atoms with Crippen molar-refractivity contribution < 1.29 is 12.9 Å². The standard InChI is InChI=1S/C13H17N3O3S/c1-9-13(10(2)19-16-9)7-15-12-5-3-11(4-6-12)8-20(14,17)18/h3-6,15H,7-8H2,1-2H3,(H2,14,17,18). The molecule has 0 aliphatic heterocycles. The lowest BCUT2D eigenvalue weighted by atomic mass is 10.2. The molecule has 6 nitrogen and oxygen atoms in total. The van der Waals surface area contributed by atoms with Gasteiger partial charge in [-0.25, -0.2) is 13.6 Å². The third kappa shape index (κ3) is 3.82. The number of aryl methyl sites for hydroxylation is 2. The molecule has 0 unspecified atom stereocenters. The molecular weight excluding hydrogens is 278 g/mol. The second kappa shape index (κ2) is 5.64. The topological polar surface area (TPSA) is 98.2 Å². The Kier molecular flexibility index (Phi) is 4.10. The van der Waals surface area contributed by atoms with Crippen LogP contribution in [0.1, 0.15) is 22.6 Å². The number of sulfonamides is 1. The summed E-state index contributed by atoms with van der Waals surface area (Å²) >= 11 is 0. The number of benzene rings is 1. The molecule has 2 aromatic rings. The van der Waals surface area contributed by atoms with Crippen molar-refractivity contribution in [2.45, 2.75) is 26.1 Å². The molecule has 0 saturated heterocycles. The number of nitrogens with zero attached hydrogens (tertiary/aromatic N) is 1. The second-order valence-electron chi connectivity index (χ2n) is 4.66. The molecular formula is C13H17N3O3S. The number of aromatic nitrogens is 1. The smallest absolute Gasteiger partial charge is 0.213 e. The summed E-state index contributed by atoms with van der Waals surface area (Å²) in [6, 6.07) is 7.11. The highest BCUT2D eigenvalue weighted by Crippen LogP contribution is 2.16. The fraction of sp³-hybridized carbons (Fsp3) is 0.308. The first kappa shape index (κ1) is 14.5. The number of anilines is 1. The molecule has 3 N–H and O–H groups in total. The van der Waals surface area contributed by atoms with Crippen LogP contribution in [0.3, 0.4) is 0 Å². The van der Waals surface area contributed by atoms with Gasteiger partial charge in [-0.1, -0.05) is 17.3 Å². The molecule has 2 rings (SSSR count). The fourth-order valence-corrected chi connectivity index (χ4v) is 2.55. The number of nitrogens with one attached hydrogen (secondary N) is 1. The van der Waals surface area contributed by atoms with Crippen LogP contribution in [0.25, 0.3) is 0 Å². The van der Waals surface area contributed by atoms with Gasteiger partial charge < -0.3 is 9.84 Å². The number of rotatable bonds is 5. The van der Waals surface area contributed by atoms with Crippen molar-refractivity contribution in [1.29, 1.82) is 0 Å². The predicted octanol–water partition coefficient (Wildman–Crippen LogP) is 1.69. The van der Waals surface area contributed by atoms with E-state index >= 15 is 0 Å². The lowest BCUT2D eigenvalue weighted by Gasteiger charge is -2.07. The third-order valence-electron chi connectivity index (χ3n) is 2.97. The summed E-state index contributed by atoms with van der Waals surface area (Å²) in [6.07, 6.45) is 0. The molecule has 7 heteroatoms. The SMILES string of the molecule is Cc1noc(C)c1CNc1ccc(CS(N)(=O)=O)cc1. The minimum atomic E-state index is -3.49. The van der Waals surface area contributed by atoms with Crippen LogP contribution in [0.2, 0.25) is 0 Å². The summed E-state index contributed by atoms with van der Waals surface area (Å²) in [4.78, 5) is 0. The first-order valence-corrected chi connectivity index (χ1v) is 7.82. The van der Waals surface area contributed by atoms with Gasteiger partial charge in [-0.2, -0.15) is 0 Å². The summed E-state index contributed by atoms with van der Waals surface area (Å²) in [5, 5.41) is 12.1. The number of nitrogens with two attached hydrogens (primary N) is 1. The zero-order valence-corrected chi connectivity index (χ0v) is 12.2. The van der Waals surface area contributed by atoms with Crippen molar-refractivity contribution >= 4 is 15.7 Å². The quantitative estimate of drug-likeness (QED) is 0.874. The van der Waals surface area contributed by atoms with Crippen LogP contribution in [0.15, 0.2) is 28.8 Å². The van der Waals surface area contributed by atoms with E-state index in [9.17, 15) is 8.42 Å². The van der Waals surface area contributed by atoms with Crippen LogP contribution in [-0.2, 0) is 22.3 Å². The van der Waals surface area contributed by atoms with Gasteiger partial charge in [0.05, 0.1) is 11.4 Å². The van der Waals surface area contributed by atoms with Gasteiger partial charge in [-0.15, -0.1) is 0 Å². The summed E-state index contributed by atoms with van der Waals surface area (Å²) in [6.45, 7) is 4.37.